The van der Waals surface area contributed by atoms with Crippen LogP contribution >= 0.6 is 0 Å². The predicted octanol–water partition coefficient (Wildman–Crippen LogP) is 3.58. The Hall–Kier alpha value is -2.36. The zero-order valence-electron chi connectivity index (χ0n) is 11.9. The molecule has 0 saturated heterocycles. The molecule has 2 N–H and O–H groups in total. The molecular formula is C16H19NO3. The van der Waals surface area contributed by atoms with Crippen LogP contribution in [0.1, 0.15) is 18.5 Å². The van der Waals surface area contributed by atoms with Crippen molar-refractivity contribution < 1.29 is 14.6 Å². The van der Waals surface area contributed by atoms with Gasteiger partial charge < -0.3 is 19.9 Å². The maximum absolute atomic E-state index is 9.54. The molecular weight excluding hydrogens is 254 g/mol. The van der Waals surface area contributed by atoms with Crippen molar-refractivity contribution in [2.75, 3.05) is 19.5 Å². The maximum Gasteiger partial charge on any atom is 0.142 e. The van der Waals surface area contributed by atoms with E-state index in [9.17, 15) is 5.11 Å². The van der Waals surface area contributed by atoms with Gasteiger partial charge in [-0.2, -0.15) is 0 Å². The number of phenolic OH excluding ortho intramolecular Hbond substituents is 1. The highest BCUT2D eigenvalue weighted by Gasteiger charge is 2.10. The van der Waals surface area contributed by atoms with Gasteiger partial charge in [0.25, 0.3) is 0 Å². The Balaban J connectivity index is 2.24. The summed E-state index contributed by atoms with van der Waals surface area (Å²) in [6.45, 7) is 2.02. The molecule has 0 aliphatic carbocycles. The third-order valence-electron chi connectivity index (χ3n) is 3.15. The standard InChI is InChI=1S/C16H19NO3/c1-11(12-5-4-6-13(18)9-12)17-15-10-14(19-2)7-8-16(15)20-3/h4-11,17-18H,1-3H3. The summed E-state index contributed by atoms with van der Waals surface area (Å²) >= 11 is 0. The first-order chi connectivity index (χ1) is 9.63. The van der Waals surface area contributed by atoms with E-state index < -0.39 is 0 Å². The van der Waals surface area contributed by atoms with Gasteiger partial charge in [0.1, 0.15) is 17.2 Å². The van der Waals surface area contributed by atoms with Crippen molar-refractivity contribution >= 4 is 5.69 Å². The second-order valence-corrected chi connectivity index (χ2v) is 4.53. The molecule has 20 heavy (non-hydrogen) atoms. The van der Waals surface area contributed by atoms with Gasteiger partial charge >= 0.3 is 0 Å². The van der Waals surface area contributed by atoms with Gasteiger partial charge in [-0.1, -0.05) is 12.1 Å². The molecule has 0 aliphatic heterocycles. The number of hydrogen-bond donors (Lipinski definition) is 2. The summed E-state index contributed by atoms with van der Waals surface area (Å²) < 4.78 is 10.6. The van der Waals surface area contributed by atoms with Crippen LogP contribution in [0, 0.1) is 0 Å². The molecule has 4 nitrogen and oxygen atoms in total. The molecule has 0 radical (unpaired) electrons. The van der Waals surface area contributed by atoms with Crippen molar-refractivity contribution in [3.05, 3.63) is 48.0 Å². The van der Waals surface area contributed by atoms with Gasteiger partial charge in [-0.05, 0) is 36.8 Å². The summed E-state index contributed by atoms with van der Waals surface area (Å²) in [7, 11) is 3.26. The van der Waals surface area contributed by atoms with Crippen LogP contribution < -0.4 is 14.8 Å². The molecule has 0 spiro atoms. The van der Waals surface area contributed by atoms with Crippen LogP contribution in [0.25, 0.3) is 0 Å². The van der Waals surface area contributed by atoms with Crippen molar-refractivity contribution in [2.24, 2.45) is 0 Å². The van der Waals surface area contributed by atoms with Gasteiger partial charge in [-0.3, -0.25) is 0 Å². The zero-order valence-corrected chi connectivity index (χ0v) is 11.9. The quantitative estimate of drug-likeness (QED) is 0.874. The van der Waals surface area contributed by atoms with E-state index in [1.54, 1.807) is 26.4 Å². The first-order valence-corrected chi connectivity index (χ1v) is 6.41. The minimum atomic E-state index is 0.0307. The number of rotatable bonds is 5. The van der Waals surface area contributed by atoms with E-state index in [0.717, 1.165) is 22.7 Å². The second-order valence-electron chi connectivity index (χ2n) is 4.53. The largest absolute Gasteiger partial charge is 0.508 e. The van der Waals surface area contributed by atoms with Crippen LogP contribution in [-0.2, 0) is 0 Å². The topological polar surface area (TPSA) is 50.7 Å². The lowest BCUT2D eigenvalue weighted by molar-refractivity contribution is 0.404. The molecule has 0 aromatic heterocycles. The molecule has 2 aromatic rings. The number of methoxy groups -OCH3 is 2. The number of anilines is 1. The summed E-state index contributed by atoms with van der Waals surface area (Å²) in [4.78, 5) is 0. The Morgan fingerprint density at radius 1 is 1.05 bits per heavy atom. The lowest BCUT2D eigenvalue weighted by atomic mass is 10.1. The van der Waals surface area contributed by atoms with Gasteiger partial charge in [-0.15, -0.1) is 0 Å². The minimum Gasteiger partial charge on any atom is -0.508 e. The molecule has 0 aliphatic rings. The number of phenols is 1. The van der Waals surface area contributed by atoms with Crippen molar-refractivity contribution in [3.8, 4) is 17.2 Å². The highest BCUT2D eigenvalue weighted by molar-refractivity contribution is 5.60. The van der Waals surface area contributed by atoms with E-state index in [-0.39, 0.29) is 11.8 Å². The average molecular weight is 273 g/mol. The first kappa shape index (κ1) is 14.1. The fourth-order valence-electron chi connectivity index (χ4n) is 2.04. The van der Waals surface area contributed by atoms with Gasteiger partial charge in [0, 0.05) is 12.1 Å². The van der Waals surface area contributed by atoms with Gasteiger partial charge in [-0.25, -0.2) is 0 Å². The molecule has 2 aromatic carbocycles. The average Bonchev–Trinajstić information content (AvgIpc) is 2.47. The van der Waals surface area contributed by atoms with Crippen molar-refractivity contribution in [1.29, 1.82) is 0 Å². The van der Waals surface area contributed by atoms with Crippen molar-refractivity contribution in [2.45, 2.75) is 13.0 Å². The van der Waals surface area contributed by atoms with E-state index in [4.69, 9.17) is 9.47 Å². The van der Waals surface area contributed by atoms with Gasteiger partial charge in [0.15, 0.2) is 0 Å². The van der Waals surface area contributed by atoms with E-state index >= 15 is 0 Å². The fraction of sp³-hybridized carbons (Fsp3) is 0.250. The molecule has 0 fully saturated rings. The van der Waals surface area contributed by atoms with Crippen molar-refractivity contribution in [1.82, 2.24) is 0 Å². The summed E-state index contributed by atoms with van der Waals surface area (Å²) in [6.07, 6.45) is 0. The summed E-state index contributed by atoms with van der Waals surface area (Å²) in [5.41, 5.74) is 1.84. The number of hydrogen-bond acceptors (Lipinski definition) is 4. The van der Waals surface area contributed by atoms with Crippen LogP contribution in [-0.4, -0.2) is 19.3 Å². The first-order valence-electron chi connectivity index (χ1n) is 6.41. The lowest BCUT2D eigenvalue weighted by Gasteiger charge is -2.18. The minimum absolute atomic E-state index is 0.0307. The number of benzene rings is 2. The van der Waals surface area contributed by atoms with E-state index in [2.05, 4.69) is 5.32 Å². The Morgan fingerprint density at radius 3 is 2.50 bits per heavy atom. The molecule has 0 heterocycles. The van der Waals surface area contributed by atoms with Gasteiger partial charge in [0.05, 0.1) is 19.9 Å². The summed E-state index contributed by atoms with van der Waals surface area (Å²) in [6, 6.07) is 12.8. The molecule has 4 heteroatoms. The van der Waals surface area contributed by atoms with Crippen LogP contribution in [0.5, 0.6) is 17.2 Å². The molecule has 1 atom stereocenters. The SMILES string of the molecule is COc1ccc(OC)c(NC(C)c2cccc(O)c2)c1. The van der Waals surface area contributed by atoms with Gasteiger partial charge in [0.2, 0.25) is 0 Å². The maximum atomic E-state index is 9.54. The lowest BCUT2D eigenvalue weighted by Crippen LogP contribution is -2.07. The third kappa shape index (κ3) is 3.15. The Labute approximate surface area is 119 Å². The van der Waals surface area contributed by atoms with Crippen LogP contribution in [0.2, 0.25) is 0 Å². The molecule has 2 rings (SSSR count). The highest BCUT2D eigenvalue weighted by atomic mass is 16.5. The van der Waals surface area contributed by atoms with Crippen LogP contribution in [0.15, 0.2) is 42.5 Å². The zero-order chi connectivity index (χ0) is 14.5. The second kappa shape index (κ2) is 6.19. The molecule has 0 amide bonds. The number of aromatic hydroxyl groups is 1. The van der Waals surface area contributed by atoms with Crippen molar-refractivity contribution in [3.63, 3.8) is 0 Å². The summed E-state index contributed by atoms with van der Waals surface area (Å²) in [5, 5.41) is 12.9. The Morgan fingerprint density at radius 2 is 1.85 bits per heavy atom. The smallest absolute Gasteiger partial charge is 0.142 e. The van der Waals surface area contributed by atoms with Crippen LogP contribution in [0.4, 0.5) is 5.69 Å². The molecule has 106 valence electrons. The van der Waals surface area contributed by atoms with E-state index in [1.165, 1.54) is 0 Å². The number of nitrogens with one attached hydrogen (secondary N) is 1. The summed E-state index contributed by atoms with van der Waals surface area (Å²) in [5.74, 6) is 1.77. The normalized spacial score (nSPS) is 11.8. The predicted molar refractivity (Wildman–Crippen MR) is 79.7 cm³/mol. The molecule has 0 bridgehead atoms. The molecule has 0 saturated carbocycles. The highest BCUT2D eigenvalue weighted by Crippen LogP contribution is 2.32. The molecule has 1 unspecified atom stereocenters. The Kier molecular flexibility index (Phi) is 4.35. The fourth-order valence-corrected chi connectivity index (χ4v) is 2.04. The Bertz CT molecular complexity index is 584. The number of ether oxygens (including phenoxy) is 2. The van der Waals surface area contributed by atoms with E-state index in [1.807, 2.05) is 37.3 Å². The third-order valence-corrected chi connectivity index (χ3v) is 3.15. The van der Waals surface area contributed by atoms with Crippen LogP contribution in [0.3, 0.4) is 0 Å². The van der Waals surface area contributed by atoms with E-state index in [0.29, 0.717) is 0 Å². The monoisotopic (exact) mass is 273 g/mol.